The normalized spacial score (nSPS) is 17.0. The summed E-state index contributed by atoms with van der Waals surface area (Å²) in [7, 11) is -2.15. The molecule has 2 N–H and O–H groups in total. The Morgan fingerprint density at radius 3 is 2.46 bits per heavy atom. The molecule has 2 aromatic carbocycles. The van der Waals surface area contributed by atoms with Gasteiger partial charge in [0.2, 0.25) is 0 Å². The van der Waals surface area contributed by atoms with Crippen LogP contribution in [0.4, 0.5) is 5.69 Å². The summed E-state index contributed by atoms with van der Waals surface area (Å²) in [6.45, 7) is 1.57. The molecule has 1 amide bonds. The number of nitrogens with zero attached hydrogens (tertiary/aromatic N) is 1. The molecule has 6 nitrogen and oxygen atoms in total. The van der Waals surface area contributed by atoms with Gasteiger partial charge >= 0.3 is 0 Å². The van der Waals surface area contributed by atoms with E-state index >= 15 is 0 Å². The van der Waals surface area contributed by atoms with E-state index in [9.17, 15) is 13.2 Å². The molecule has 1 fully saturated rings. The van der Waals surface area contributed by atoms with Crippen molar-refractivity contribution >= 4 is 21.6 Å². The van der Waals surface area contributed by atoms with Gasteiger partial charge in [-0.15, -0.1) is 0 Å². The summed E-state index contributed by atoms with van der Waals surface area (Å²) >= 11 is 0. The molecule has 7 heteroatoms. The van der Waals surface area contributed by atoms with Gasteiger partial charge in [-0.05, 0) is 55.8 Å². The Hall–Kier alpha value is -2.38. The Balaban J connectivity index is 1.69. The highest BCUT2D eigenvalue weighted by molar-refractivity contribution is 7.92. The number of rotatable bonds is 6. The molecule has 138 valence electrons. The summed E-state index contributed by atoms with van der Waals surface area (Å²) < 4.78 is 26.7. The number of benzene rings is 2. The summed E-state index contributed by atoms with van der Waals surface area (Å²) in [6, 6.07) is 15.2. The van der Waals surface area contributed by atoms with Crippen LogP contribution in [0.2, 0.25) is 0 Å². The Kier molecular flexibility index (Phi) is 5.58. The quantitative estimate of drug-likeness (QED) is 0.812. The minimum absolute atomic E-state index is 0.151. The fraction of sp³-hybridized carbons (Fsp3) is 0.316. The van der Waals surface area contributed by atoms with Crippen LogP contribution in [0.15, 0.2) is 59.5 Å². The number of anilines is 1. The molecule has 0 aromatic heterocycles. The van der Waals surface area contributed by atoms with Crippen LogP contribution in [-0.4, -0.2) is 40.5 Å². The average molecular weight is 373 g/mol. The first-order chi connectivity index (χ1) is 12.5. The molecular weight excluding hydrogens is 350 g/mol. The van der Waals surface area contributed by atoms with Crippen LogP contribution in [0, 0.1) is 0 Å². The van der Waals surface area contributed by atoms with Crippen LogP contribution in [0.25, 0.3) is 0 Å². The molecule has 3 rings (SSSR count). The van der Waals surface area contributed by atoms with Crippen LogP contribution in [0.1, 0.15) is 23.2 Å². The number of sulfonamides is 1. The molecule has 1 aliphatic heterocycles. The lowest BCUT2D eigenvalue weighted by atomic mass is 10.2. The Morgan fingerprint density at radius 2 is 1.85 bits per heavy atom. The van der Waals surface area contributed by atoms with E-state index in [1.165, 1.54) is 23.5 Å². The third-order valence-electron chi connectivity index (χ3n) is 4.57. The maximum atomic E-state index is 12.7. The summed E-state index contributed by atoms with van der Waals surface area (Å²) in [6.07, 6.45) is 2.19. The molecule has 0 radical (unpaired) electrons. The number of para-hydroxylation sites is 1. The third-order valence-corrected chi connectivity index (χ3v) is 6.37. The zero-order valence-electron chi connectivity index (χ0n) is 14.7. The molecule has 0 spiro atoms. The largest absolute Gasteiger partial charge is 0.350 e. The van der Waals surface area contributed by atoms with Crippen molar-refractivity contribution in [1.82, 2.24) is 10.6 Å². The number of amides is 1. The Bertz CT molecular complexity index is 845. The van der Waals surface area contributed by atoms with E-state index in [1.807, 2.05) is 6.07 Å². The number of hydrogen-bond donors (Lipinski definition) is 2. The predicted molar refractivity (Wildman–Crippen MR) is 102 cm³/mol. The van der Waals surface area contributed by atoms with Crippen LogP contribution in [0.3, 0.4) is 0 Å². The van der Waals surface area contributed by atoms with Crippen molar-refractivity contribution < 1.29 is 13.2 Å². The van der Waals surface area contributed by atoms with Crippen molar-refractivity contribution in [1.29, 1.82) is 0 Å². The van der Waals surface area contributed by atoms with E-state index in [1.54, 1.807) is 36.4 Å². The standard InChI is InChI=1S/C19H23N3O3S/c1-22(17-7-3-2-4-8-17)26(24,25)18-11-9-15(10-12-18)19(23)21-14-16-6-5-13-20-16/h2-4,7-12,16,20H,5-6,13-14H2,1H3,(H,21,23). The molecule has 1 unspecified atom stereocenters. The van der Waals surface area contributed by atoms with Gasteiger partial charge in [0.05, 0.1) is 10.6 Å². The van der Waals surface area contributed by atoms with Crippen LogP contribution in [-0.2, 0) is 10.0 Å². The average Bonchev–Trinajstić information content (AvgIpc) is 3.20. The summed E-state index contributed by atoms with van der Waals surface area (Å²) in [5.74, 6) is -0.195. The molecule has 0 saturated carbocycles. The second-order valence-electron chi connectivity index (χ2n) is 6.34. The lowest BCUT2D eigenvalue weighted by molar-refractivity contribution is 0.0950. The van der Waals surface area contributed by atoms with Gasteiger partial charge in [-0.25, -0.2) is 8.42 Å². The van der Waals surface area contributed by atoms with E-state index in [2.05, 4.69) is 10.6 Å². The lowest BCUT2D eigenvalue weighted by Gasteiger charge is -2.19. The Morgan fingerprint density at radius 1 is 1.15 bits per heavy atom. The van der Waals surface area contributed by atoms with Gasteiger partial charge in [-0.1, -0.05) is 18.2 Å². The van der Waals surface area contributed by atoms with Gasteiger partial charge in [0, 0.05) is 25.2 Å². The molecule has 1 saturated heterocycles. The predicted octanol–water partition coefficient (Wildman–Crippen LogP) is 1.99. The fourth-order valence-corrected chi connectivity index (χ4v) is 4.16. The Labute approximate surface area is 154 Å². The molecule has 1 atom stereocenters. The van der Waals surface area contributed by atoms with Crippen molar-refractivity contribution in [3.63, 3.8) is 0 Å². The first-order valence-electron chi connectivity index (χ1n) is 8.64. The minimum atomic E-state index is -3.67. The number of nitrogens with one attached hydrogen (secondary N) is 2. The molecule has 0 aliphatic carbocycles. The molecule has 2 aromatic rings. The molecule has 0 bridgehead atoms. The van der Waals surface area contributed by atoms with Crippen LogP contribution in [0.5, 0.6) is 0 Å². The second kappa shape index (κ2) is 7.88. The van der Waals surface area contributed by atoms with Gasteiger partial charge < -0.3 is 10.6 Å². The fourth-order valence-electron chi connectivity index (χ4n) is 2.96. The lowest BCUT2D eigenvalue weighted by Crippen LogP contribution is -2.37. The highest BCUT2D eigenvalue weighted by atomic mass is 32.2. The van der Waals surface area contributed by atoms with Crippen molar-refractivity contribution in [3.8, 4) is 0 Å². The molecular formula is C19H23N3O3S. The topological polar surface area (TPSA) is 78.5 Å². The van der Waals surface area contributed by atoms with Gasteiger partial charge in [0.25, 0.3) is 15.9 Å². The van der Waals surface area contributed by atoms with Crippen LogP contribution >= 0.6 is 0 Å². The maximum Gasteiger partial charge on any atom is 0.264 e. The van der Waals surface area contributed by atoms with Crippen molar-refractivity contribution in [2.24, 2.45) is 0 Å². The highest BCUT2D eigenvalue weighted by Gasteiger charge is 2.21. The SMILES string of the molecule is CN(c1ccccc1)S(=O)(=O)c1ccc(C(=O)NCC2CCCN2)cc1. The van der Waals surface area contributed by atoms with E-state index in [-0.39, 0.29) is 10.8 Å². The van der Waals surface area contributed by atoms with Gasteiger partial charge in [0.15, 0.2) is 0 Å². The zero-order chi connectivity index (χ0) is 18.6. The minimum Gasteiger partial charge on any atom is -0.350 e. The second-order valence-corrected chi connectivity index (χ2v) is 8.31. The molecule has 26 heavy (non-hydrogen) atoms. The van der Waals surface area contributed by atoms with Gasteiger partial charge in [-0.3, -0.25) is 9.10 Å². The van der Waals surface area contributed by atoms with E-state index in [0.717, 1.165) is 19.4 Å². The first kappa shape index (κ1) is 18.4. The van der Waals surface area contributed by atoms with Gasteiger partial charge in [0.1, 0.15) is 0 Å². The summed E-state index contributed by atoms with van der Waals surface area (Å²) in [4.78, 5) is 12.4. The molecule has 1 heterocycles. The van der Waals surface area contributed by atoms with Gasteiger partial charge in [-0.2, -0.15) is 0 Å². The van der Waals surface area contributed by atoms with Crippen molar-refractivity contribution in [2.75, 3.05) is 24.4 Å². The number of carbonyl (C=O) groups excluding carboxylic acids is 1. The van der Waals surface area contributed by atoms with E-state index in [4.69, 9.17) is 0 Å². The summed E-state index contributed by atoms with van der Waals surface area (Å²) in [5.41, 5.74) is 1.03. The number of carbonyl (C=O) groups is 1. The third kappa shape index (κ3) is 4.05. The smallest absolute Gasteiger partial charge is 0.264 e. The van der Waals surface area contributed by atoms with Crippen LogP contribution < -0.4 is 14.9 Å². The number of hydrogen-bond acceptors (Lipinski definition) is 4. The monoisotopic (exact) mass is 373 g/mol. The van der Waals surface area contributed by atoms with Crippen molar-refractivity contribution in [3.05, 3.63) is 60.2 Å². The molecule has 1 aliphatic rings. The first-order valence-corrected chi connectivity index (χ1v) is 10.1. The zero-order valence-corrected chi connectivity index (χ0v) is 15.5. The summed E-state index contributed by atoms with van der Waals surface area (Å²) in [5, 5.41) is 6.21. The highest BCUT2D eigenvalue weighted by Crippen LogP contribution is 2.21. The van der Waals surface area contributed by atoms with E-state index in [0.29, 0.717) is 23.8 Å². The van der Waals surface area contributed by atoms with E-state index < -0.39 is 10.0 Å². The van der Waals surface area contributed by atoms with Crippen molar-refractivity contribution in [2.45, 2.75) is 23.8 Å². The maximum absolute atomic E-state index is 12.7.